The van der Waals surface area contributed by atoms with Gasteiger partial charge < -0.3 is 10.1 Å². The molecule has 0 aliphatic carbocycles. The number of Topliss-reactive ketones (excluding diaryl/α,β-unsaturated/α-hetero) is 1. The van der Waals surface area contributed by atoms with Crippen molar-refractivity contribution in [3.8, 4) is 5.75 Å². The minimum Gasteiger partial charge on any atom is -0.492 e. The smallest absolute Gasteiger partial charge is 0.166 e. The van der Waals surface area contributed by atoms with E-state index < -0.39 is 0 Å². The molecule has 0 unspecified atom stereocenters. The zero-order valence-electron chi connectivity index (χ0n) is 11.3. The molecular weight excluding hydrogens is 238 g/mol. The second kappa shape index (κ2) is 5.74. The fraction of sp³-hybridized carbons (Fsp3) is 0.562. The van der Waals surface area contributed by atoms with Crippen molar-refractivity contribution in [1.82, 2.24) is 5.32 Å². The maximum atomic E-state index is 12.4. The first kappa shape index (κ1) is 12.7. The highest BCUT2D eigenvalue weighted by atomic mass is 16.5. The molecule has 0 saturated carbocycles. The predicted molar refractivity (Wildman–Crippen MR) is 74.8 cm³/mol. The molecule has 0 radical (unpaired) electrons. The van der Waals surface area contributed by atoms with Gasteiger partial charge in [-0.3, -0.25) is 4.79 Å². The van der Waals surface area contributed by atoms with E-state index in [1.165, 1.54) is 18.4 Å². The van der Waals surface area contributed by atoms with Gasteiger partial charge in [-0.1, -0.05) is 12.1 Å². The minimum atomic E-state index is 0.247. The van der Waals surface area contributed by atoms with Gasteiger partial charge in [-0.2, -0.15) is 0 Å². The van der Waals surface area contributed by atoms with Crippen LogP contribution in [0.2, 0.25) is 0 Å². The van der Waals surface area contributed by atoms with Crippen molar-refractivity contribution in [3.05, 3.63) is 29.3 Å². The number of ketones is 1. The van der Waals surface area contributed by atoms with Gasteiger partial charge in [0.15, 0.2) is 5.78 Å². The Morgan fingerprint density at radius 2 is 2.16 bits per heavy atom. The zero-order chi connectivity index (χ0) is 13.1. The lowest BCUT2D eigenvalue weighted by molar-refractivity contribution is 0.0967. The van der Waals surface area contributed by atoms with Crippen LogP contribution in [0.1, 0.15) is 41.6 Å². The van der Waals surface area contributed by atoms with Crippen LogP contribution in [-0.2, 0) is 6.42 Å². The topological polar surface area (TPSA) is 38.3 Å². The Morgan fingerprint density at radius 3 is 3.00 bits per heavy atom. The van der Waals surface area contributed by atoms with Gasteiger partial charge in [0.2, 0.25) is 0 Å². The van der Waals surface area contributed by atoms with E-state index in [4.69, 9.17) is 4.74 Å². The van der Waals surface area contributed by atoms with Crippen LogP contribution in [0.4, 0.5) is 0 Å². The summed E-state index contributed by atoms with van der Waals surface area (Å²) in [5.41, 5.74) is 1.98. The molecule has 1 N–H and O–H groups in total. The van der Waals surface area contributed by atoms with E-state index in [0.717, 1.165) is 37.2 Å². The van der Waals surface area contributed by atoms with E-state index in [-0.39, 0.29) is 5.78 Å². The number of hydrogen-bond donors (Lipinski definition) is 1. The third-order valence-corrected chi connectivity index (χ3v) is 4.25. The second-order valence-corrected chi connectivity index (χ2v) is 5.55. The average molecular weight is 259 g/mol. The van der Waals surface area contributed by atoms with Gasteiger partial charge in [0.1, 0.15) is 5.75 Å². The molecule has 2 aliphatic rings. The highest BCUT2D eigenvalue weighted by molar-refractivity contribution is 5.99. The summed E-state index contributed by atoms with van der Waals surface area (Å²) >= 11 is 0. The molecule has 19 heavy (non-hydrogen) atoms. The molecule has 0 spiro atoms. The SMILES string of the molecule is O=C(CCC1CCNCC1)c1cccc2c1OCC2. The Hall–Kier alpha value is -1.35. The van der Waals surface area contributed by atoms with Gasteiger partial charge in [-0.05, 0) is 49.9 Å². The maximum Gasteiger partial charge on any atom is 0.166 e. The molecule has 0 atom stereocenters. The Morgan fingerprint density at radius 1 is 1.32 bits per heavy atom. The Labute approximate surface area is 114 Å². The molecule has 0 aromatic heterocycles. The largest absolute Gasteiger partial charge is 0.492 e. The minimum absolute atomic E-state index is 0.247. The summed E-state index contributed by atoms with van der Waals surface area (Å²) in [4.78, 5) is 12.4. The van der Waals surface area contributed by atoms with Crippen LogP contribution in [0.15, 0.2) is 18.2 Å². The summed E-state index contributed by atoms with van der Waals surface area (Å²) in [5.74, 6) is 1.80. The van der Waals surface area contributed by atoms with Crippen LogP contribution in [-0.4, -0.2) is 25.5 Å². The Balaban J connectivity index is 1.62. The number of carbonyl (C=O) groups is 1. The van der Waals surface area contributed by atoms with Gasteiger partial charge in [0.25, 0.3) is 0 Å². The third-order valence-electron chi connectivity index (χ3n) is 4.25. The number of ether oxygens (including phenoxy) is 1. The average Bonchev–Trinajstić information content (AvgIpc) is 2.94. The highest BCUT2D eigenvalue weighted by Gasteiger charge is 2.21. The number of para-hydroxylation sites is 1. The number of piperidine rings is 1. The second-order valence-electron chi connectivity index (χ2n) is 5.55. The molecular formula is C16H21NO2. The lowest BCUT2D eigenvalue weighted by Crippen LogP contribution is -2.28. The number of hydrogen-bond acceptors (Lipinski definition) is 3. The molecule has 1 saturated heterocycles. The molecule has 3 nitrogen and oxygen atoms in total. The number of rotatable bonds is 4. The van der Waals surface area contributed by atoms with Crippen molar-refractivity contribution in [2.24, 2.45) is 5.92 Å². The first-order valence-electron chi connectivity index (χ1n) is 7.33. The van der Waals surface area contributed by atoms with Crippen molar-refractivity contribution in [2.45, 2.75) is 32.1 Å². The summed E-state index contributed by atoms with van der Waals surface area (Å²) in [6.45, 7) is 2.92. The number of fused-ring (bicyclic) bond motifs is 1. The third kappa shape index (κ3) is 2.81. The first-order chi connectivity index (χ1) is 9.34. The summed E-state index contributed by atoms with van der Waals surface area (Å²) in [5, 5.41) is 3.36. The van der Waals surface area contributed by atoms with E-state index in [0.29, 0.717) is 18.9 Å². The molecule has 0 bridgehead atoms. The predicted octanol–water partition coefficient (Wildman–Crippen LogP) is 2.58. The van der Waals surface area contributed by atoms with E-state index in [9.17, 15) is 4.79 Å². The van der Waals surface area contributed by atoms with Crippen LogP contribution in [0.3, 0.4) is 0 Å². The summed E-state index contributed by atoms with van der Waals surface area (Å²) in [7, 11) is 0. The molecule has 102 valence electrons. The highest BCUT2D eigenvalue weighted by Crippen LogP contribution is 2.31. The fourth-order valence-corrected chi connectivity index (χ4v) is 3.08. The number of nitrogens with one attached hydrogen (secondary N) is 1. The van der Waals surface area contributed by atoms with Crippen LogP contribution in [0, 0.1) is 5.92 Å². The van der Waals surface area contributed by atoms with Crippen molar-refractivity contribution in [3.63, 3.8) is 0 Å². The van der Waals surface area contributed by atoms with E-state index in [2.05, 4.69) is 11.4 Å². The van der Waals surface area contributed by atoms with Crippen LogP contribution >= 0.6 is 0 Å². The monoisotopic (exact) mass is 259 g/mol. The van der Waals surface area contributed by atoms with Gasteiger partial charge in [0.05, 0.1) is 12.2 Å². The van der Waals surface area contributed by atoms with E-state index in [1.54, 1.807) is 0 Å². The number of benzene rings is 1. The molecule has 2 aliphatic heterocycles. The quantitative estimate of drug-likeness (QED) is 0.845. The molecule has 2 heterocycles. The van der Waals surface area contributed by atoms with Crippen molar-refractivity contribution in [2.75, 3.05) is 19.7 Å². The Kier molecular flexibility index (Phi) is 3.83. The number of carbonyl (C=O) groups excluding carboxylic acids is 1. The van der Waals surface area contributed by atoms with Crippen LogP contribution in [0.5, 0.6) is 5.75 Å². The van der Waals surface area contributed by atoms with Crippen LogP contribution < -0.4 is 10.1 Å². The molecule has 0 amide bonds. The maximum absolute atomic E-state index is 12.4. The van der Waals surface area contributed by atoms with E-state index >= 15 is 0 Å². The van der Waals surface area contributed by atoms with Crippen molar-refractivity contribution in [1.29, 1.82) is 0 Å². The standard InChI is InChI=1S/C16H21NO2/c18-15(5-4-12-6-9-17-10-7-12)14-3-1-2-13-8-11-19-16(13)14/h1-3,12,17H,4-11H2. The van der Waals surface area contributed by atoms with E-state index in [1.807, 2.05) is 12.1 Å². The molecule has 1 fully saturated rings. The molecule has 3 rings (SSSR count). The van der Waals surface area contributed by atoms with Gasteiger partial charge >= 0.3 is 0 Å². The summed E-state index contributed by atoms with van der Waals surface area (Å²) < 4.78 is 5.61. The molecule has 1 aromatic rings. The lowest BCUT2D eigenvalue weighted by Gasteiger charge is -2.22. The fourth-order valence-electron chi connectivity index (χ4n) is 3.08. The summed E-state index contributed by atoms with van der Waals surface area (Å²) in [6, 6.07) is 5.95. The normalized spacial score (nSPS) is 18.9. The van der Waals surface area contributed by atoms with Crippen molar-refractivity contribution >= 4 is 5.78 Å². The lowest BCUT2D eigenvalue weighted by atomic mass is 9.91. The first-order valence-corrected chi connectivity index (χ1v) is 7.33. The van der Waals surface area contributed by atoms with Crippen molar-refractivity contribution < 1.29 is 9.53 Å². The van der Waals surface area contributed by atoms with Crippen LogP contribution in [0.25, 0.3) is 0 Å². The zero-order valence-corrected chi connectivity index (χ0v) is 11.3. The Bertz CT molecular complexity index is 464. The molecule has 1 aromatic carbocycles. The van der Waals surface area contributed by atoms with Gasteiger partial charge in [-0.25, -0.2) is 0 Å². The molecule has 3 heteroatoms. The van der Waals surface area contributed by atoms with Gasteiger partial charge in [0, 0.05) is 12.8 Å². The summed E-state index contributed by atoms with van der Waals surface area (Å²) in [6.07, 6.45) is 5.02. The van der Waals surface area contributed by atoms with Gasteiger partial charge in [-0.15, -0.1) is 0 Å².